The highest BCUT2D eigenvalue weighted by Crippen LogP contribution is 2.22. The molecule has 0 bridgehead atoms. The van der Waals surface area contributed by atoms with Crippen molar-refractivity contribution in [1.82, 2.24) is 4.90 Å². The molecule has 3 atom stereocenters. The van der Waals surface area contributed by atoms with E-state index in [0.29, 0.717) is 13.2 Å². The van der Waals surface area contributed by atoms with Gasteiger partial charge in [0.25, 0.3) is 0 Å². The zero-order valence-electron chi connectivity index (χ0n) is 16.5. The summed E-state index contributed by atoms with van der Waals surface area (Å²) in [6, 6.07) is 19.3. The molecule has 4 nitrogen and oxygen atoms in total. The van der Waals surface area contributed by atoms with Gasteiger partial charge < -0.3 is 14.7 Å². The molecular weight excluding hydrogens is 338 g/mol. The lowest BCUT2D eigenvalue weighted by atomic mass is 9.99. The maximum atomic E-state index is 12.7. The first-order valence-corrected chi connectivity index (χ1v) is 9.62. The first-order valence-electron chi connectivity index (χ1n) is 9.62. The Morgan fingerprint density at radius 2 is 1.63 bits per heavy atom. The summed E-state index contributed by atoms with van der Waals surface area (Å²) in [4.78, 5) is 14.3. The Bertz CT molecular complexity index is 675. The van der Waals surface area contributed by atoms with E-state index in [0.717, 1.165) is 24.0 Å². The van der Waals surface area contributed by atoms with Gasteiger partial charge in [-0.3, -0.25) is 4.79 Å². The van der Waals surface area contributed by atoms with Crippen molar-refractivity contribution in [2.24, 2.45) is 5.92 Å². The van der Waals surface area contributed by atoms with Crippen LogP contribution in [0.2, 0.25) is 0 Å². The molecule has 0 unspecified atom stereocenters. The van der Waals surface area contributed by atoms with Crippen LogP contribution in [0.15, 0.2) is 60.7 Å². The van der Waals surface area contributed by atoms with Gasteiger partial charge in [-0.25, -0.2) is 0 Å². The number of hydrogen-bond donors (Lipinski definition) is 1. The van der Waals surface area contributed by atoms with Crippen LogP contribution in [0, 0.1) is 5.92 Å². The topological polar surface area (TPSA) is 49.8 Å². The van der Waals surface area contributed by atoms with E-state index < -0.39 is 6.10 Å². The van der Waals surface area contributed by atoms with Gasteiger partial charge in [0, 0.05) is 19.6 Å². The van der Waals surface area contributed by atoms with E-state index >= 15 is 0 Å². The molecule has 0 saturated carbocycles. The van der Waals surface area contributed by atoms with Crippen molar-refractivity contribution in [3.8, 4) is 0 Å². The lowest BCUT2D eigenvalue weighted by molar-refractivity contribution is -0.138. The molecular formula is C23H31NO3. The minimum atomic E-state index is -0.693. The van der Waals surface area contributed by atoms with Gasteiger partial charge in [-0.15, -0.1) is 0 Å². The van der Waals surface area contributed by atoms with Crippen LogP contribution < -0.4 is 0 Å². The Morgan fingerprint density at radius 1 is 1.04 bits per heavy atom. The molecule has 0 aliphatic heterocycles. The second-order valence-electron chi connectivity index (χ2n) is 7.13. The molecule has 0 spiro atoms. The predicted octanol–water partition coefficient (Wildman–Crippen LogP) is 4.20. The molecule has 1 amide bonds. The molecule has 4 heteroatoms. The van der Waals surface area contributed by atoms with Crippen molar-refractivity contribution in [3.05, 3.63) is 71.8 Å². The van der Waals surface area contributed by atoms with Crippen LogP contribution in [-0.2, 0) is 16.1 Å². The predicted molar refractivity (Wildman–Crippen MR) is 108 cm³/mol. The Kier molecular flexibility index (Phi) is 8.49. The molecule has 0 aliphatic rings. The smallest absolute Gasteiger partial charge is 0.225 e. The summed E-state index contributed by atoms with van der Waals surface area (Å²) in [6.07, 6.45) is 0.913. The van der Waals surface area contributed by atoms with Crippen LogP contribution in [-0.4, -0.2) is 35.6 Å². The maximum Gasteiger partial charge on any atom is 0.225 e. The van der Waals surface area contributed by atoms with Crippen LogP contribution >= 0.6 is 0 Å². The summed E-state index contributed by atoms with van der Waals surface area (Å²) in [7, 11) is 1.77. The van der Waals surface area contributed by atoms with Gasteiger partial charge in [0.1, 0.15) is 0 Å². The number of aliphatic hydroxyl groups is 1. The molecule has 0 fully saturated rings. The number of rotatable bonds is 10. The SMILES string of the molecule is C[C@H](CCCOCc1ccccc1)C(=O)N(C)[C@@H](C)[C@@H](O)c1ccccc1. The van der Waals surface area contributed by atoms with Crippen molar-refractivity contribution >= 4 is 5.91 Å². The number of aliphatic hydroxyl groups excluding tert-OH is 1. The standard InChI is InChI=1S/C23H31NO3/c1-18(11-10-16-27-17-20-12-6-4-7-13-20)23(26)24(3)19(2)22(25)21-14-8-5-9-15-21/h4-9,12-15,18-19,22,25H,10-11,16-17H2,1-3H3/t18-,19+,22-/m1/s1. The first kappa shape index (κ1) is 21.1. The Morgan fingerprint density at radius 3 is 2.26 bits per heavy atom. The fraction of sp³-hybridized carbons (Fsp3) is 0.435. The number of ether oxygens (including phenoxy) is 1. The summed E-state index contributed by atoms with van der Waals surface area (Å²) in [5.74, 6) is -0.0405. The maximum absolute atomic E-state index is 12.7. The number of hydrogen-bond acceptors (Lipinski definition) is 3. The summed E-state index contributed by atoms with van der Waals surface area (Å²) in [5, 5.41) is 10.5. The molecule has 27 heavy (non-hydrogen) atoms. The van der Waals surface area contributed by atoms with Crippen LogP contribution in [0.4, 0.5) is 0 Å². The Labute approximate surface area is 162 Å². The average Bonchev–Trinajstić information content (AvgIpc) is 2.72. The van der Waals surface area contributed by atoms with Gasteiger partial charge in [-0.2, -0.15) is 0 Å². The van der Waals surface area contributed by atoms with Crippen LogP contribution in [0.3, 0.4) is 0 Å². The molecule has 0 aliphatic carbocycles. The lowest BCUT2D eigenvalue weighted by Crippen LogP contribution is -2.41. The highest BCUT2D eigenvalue weighted by Gasteiger charge is 2.26. The molecule has 0 aromatic heterocycles. The fourth-order valence-corrected chi connectivity index (χ4v) is 3.07. The van der Waals surface area contributed by atoms with Gasteiger partial charge in [0.15, 0.2) is 0 Å². The van der Waals surface area contributed by atoms with Crippen molar-refractivity contribution in [2.75, 3.05) is 13.7 Å². The van der Waals surface area contributed by atoms with Crippen LogP contribution in [0.5, 0.6) is 0 Å². The Balaban J connectivity index is 1.73. The van der Waals surface area contributed by atoms with Gasteiger partial charge in [-0.05, 0) is 30.9 Å². The van der Waals surface area contributed by atoms with Crippen molar-refractivity contribution in [2.45, 2.75) is 45.4 Å². The number of carbonyl (C=O) groups is 1. The van der Waals surface area contributed by atoms with Crippen LogP contribution in [0.1, 0.15) is 43.9 Å². The van der Waals surface area contributed by atoms with Gasteiger partial charge in [0.05, 0.1) is 18.8 Å². The van der Waals surface area contributed by atoms with E-state index in [-0.39, 0.29) is 17.9 Å². The third kappa shape index (κ3) is 6.49. The number of amides is 1. The molecule has 2 aromatic carbocycles. The van der Waals surface area contributed by atoms with Crippen LogP contribution in [0.25, 0.3) is 0 Å². The third-order valence-electron chi connectivity index (χ3n) is 5.02. The highest BCUT2D eigenvalue weighted by atomic mass is 16.5. The first-order chi connectivity index (χ1) is 13.0. The summed E-state index contributed by atoms with van der Waals surface area (Å²) >= 11 is 0. The van der Waals surface area contributed by atoms with Crippen molar-refractivity contribution in [3.63, 3.8) is 0 Å². The van der Waals surface area contributed by atoms with Gasteiger partial charge in [-0.1, -0.05) is 67.6 Å². The average molecular weight is 370 g/mol. The molecule has 2 aromatic rings. The molecule has 146 valence electrons. The fourth-order valence-electron chi connectivity index (χ4n) is 3.07. The lowest BCUT2D eigenvalue weighted by Gasteiger charge is -2.31. The van der Waals surface area contributed by atoms with E-state index in [2.05, 4.69) is 0 Å². The van der Waals surface area contributed by atoms with Gasteiger partial charge in [0.2, 0.25) is 5.91 Å². The van der Waals surface area contributed by atoms with E-state index in [1.807, 2.05) is 74.5 Å². The zero-order valence-corrected chi connectivity index (χ0v) is 16.5. The van der Waals surface area contributed by atoms with Crippen molar-refractivity contribution < 1.29 is 14.6 Å². The van der Waals surface area contributed by atoms with Gasteiger partial charge >= 0.3 is 0 Å². The zero-order chi connectivity index (χ0) is 19.6. The minimum Gasteiger partial charge on any atom is -0.386 e. The Hall–Kier alpha value is -2.17. The monoisotopic (exact) mass is 369 g/mol. The minimum absolute atomic E-state index is 0.0561. The summed E-state index contributed by atoms with van der Waals surface area (Å²) in [5.41, 5.74) is 1.98. The highest BCUT2D eigenvalue weighted by molar-refractivity contribution is 5.78. The molecule has 2 rings (SSSR count). The largest absolute Gasteiger partial charge is 0.386 e. The van der Waals surface area contributed by atoms with Crippen molar-refractivity contribution in [1.29, 1.82) is 0 Å². The van der Waals surface area contributed by atoms with E-state index in [9.17, 15) is 9.90 Å². The van der Waals surface area contributed by atoms with E-state index in [4.69, 9.17) is 4.74 Å². The molecule has 0 saturated heterocycles. The molecule has 1 N–H and O–H groups in total. The number of nitrogens with zero attached hydrogens (tertiary/aromatic N) is 1. The number of likely N-dealkylation sites (N-methyl/N-ethyl adjacent to an activating group) is 1. The third-order valence-corrected chi connectivity index (χ3v) is 5.02. The second-order valence-corrected chi connectivity index (χ2v) is 7.13. The number of carbonyl (C=O) groups excluding carboxylic acids is 1. The second kappa shape index (κ2) is 10.9. The molecule has 0 radical (unpaired) electrons. The summed E-state index contributed by atoms with van der Waals surface area (Å²) < 4.78 is 5.69. The summed E-state index contributed by atoms with van der Waals surface area (Å²) in [6.45, 7) is 5.06. The quantitative estimate of drug-likeness (QED) is 0.639. The van der Waals surface area contributed by atoms with E-state index in [1.54, 1.807) is 11.9 Å². The number of benzene rings is 2. The van der Waals surface area contributed by atoms with E-state index in [1.165, 1.54) is 0 Å². The molecule has 0 heterocycles. The normalized spacial score (nSPS) is 14.4.